The molecule has 0 spiro atoms. The van der Waals surface area contributed by atoms with Crippen LogP contribution in [0.5, 0.6) is 5.75 Å². The van der Waals surface area contributed by atoms with E-state index in [-0.39, 0.29) is 17.8 Å². The zero-order chi connectivity index (χ0) is 21.3. The highest BCUT2D eigenvalue weighted by Gasteiger charge is 2.24. The maximum atomic E-state index is 12.3. The predicted octanol–water partition coefficient (Wildman–Crippen LogP) is 4.99. The molecule has 158 valence electrons. The Morgan fingerprint density at radius 2 is 1.83 bits per heavy atom. The number of benzene rings is 2. The number of hydrogen-bond donors (Lipinski definition) is 0. The van der Waals surface area contributed by atoms with Crippen LogP contribution in [0.1, 0.15) is 31.7 Å². The molecule has 0 saturated carbocycles. The second-order valence-corrected chi connectivity index (χ2v) is 8.09. The van der Waals surface area contributed by atoms with Gasteiger partial charge in [0.1, 0.15) is 17.6 Å². The van der Waals surface area contributed by atoms with Crippen LogP contribution in [-0.2, 0) is 22.7 Å². The van der Waals surface area contributed by atoms with Gasteiger partial charge in [0.05, 0.1) is 13.2 Å². The van der Waals surface area contributed by atoms with Crippen molar-refractivity contribution in [1.82, 2.24) is 14.8 Å². The minimum atomic E-state index is -0.339. The van der Waals surface area contributed by atoms with Gasteiger partial charge in [-0.3, -0.25) is 9.36 Å². The lowest BCUT2D eigenvalue weighted by Crippen LogP contribution is -2.20. The summed E-state index contributed by atoms with van der Waals surface area (Å²) in [4.78, 5) is 12.3. The molecule has 0 aliphatic carbocycles. The van der Waals surface area contributed by atoms with Crippen LogP contribution in [-0.4, -0.2) is 32.6 Å². The van der Waals surface area contributed by atoms with E-state index >= 15 is 0 Å². The molecular weight excluding hydrogens is 422 g/mol. The predicted molar refractivity (Wildman–Crippen MR) is 118 cm³/mol. The van der Waals surface area contributed by atoms with Gasteiger partial charge in [0, 0.05) is 5.02 Å². The average molecular weight is 446 g/mol. The van der Waals surface area contributed by atoms with Crippen LogP contribution in [0, 0.1) is 0 Å². The van der Waals surface area contributed by atoms with Crippen molar-refractivity contribution in [3.05, 3.63) is 71.0 Å². The van der Waals surface area contributed by atoms with Gasteiger partial charge in [0.25, 0.3) is 0 Å². The zero-order valence-corrected chi connectivity index (χ0v) is 18.5. The number of halogens is 1. The van der Waals surface area contributed by atoms with E-state index in [1.54, 1.807) is 19.1 Å². The molecule has 0 aliphatic heterocycles. The van der Waals surface area contributed by atoms with Gasteiger partial charge >= 0.3 is 5.97 Å². The molecule has 2 aromatic carbocycles. The molecule has 0 unspecified atom stereocenters. The van der Waals surface area contributed by atoms with Crippen molar-refractivity contribution in [2.75, 3.05) is 6.61 Å². The van der Waals surface area contributed by atoms with Gasteiger partial charge in [-0.15, -0.1) is 10.2 Å². The highest BCUT2D eigenvalue weighted by atomic mass is 35.5. The first-order valence-electron chi connectivity index (χ1n) is 9.78. The molecule has 0 fully saturated rings. The molecule has 1 heterocycles. The summed E-state index contributed by atoms with van der Waals surface area (Å²) in [6.45, 7) is 4.94. The molecule has 6 nitrogen and oxygen atoms in total. The largest absolute Gasteiger partial charge is 0.486 e. The molecule has 0 N–H and O–H groups in total. The number of esters is 1. The molecule has 8 heteroatoms. The van der Waals surface area contributed by atoms with Crippen molar-refractivity contribution in [1.29, 1.82) is 0 Å². The third-order valence-electron chi connectivity index (χ3n) is 4.33. The van der Waals surface area contributed by atoms with Crippen LogP contribution < -0.4 is 4.74 Å². The molecule has 0 aliphatic rings. The fraction of sp³-hybridized carbons (Fsp3) is 0.318. The highest BCUT2D eigenvalue weighted by Crippen LogP contribution is 2.27. The van der Waals surface area contributed by atoms with E-state index in [4.69, 9.17) is 21.1 Å². The molecule has 0 amide bonds. The smallest absolute Gasteiger partial charge is 0.319 e. The average Bonchev–Trinajstić information content (AvgIpc) is 3.13. The van der Waals surface area contributed by atoms with Crippen LogP contribution in [0.15, 0.2) is 59.8 Å². The second-order valence-electron chi connectivity index (χ2n) is 6.48. The van der Waals surface area contributed by atoms with Crippen molar-refractivity contribution < 1.29 is 14.3 Å². The van der Waals surface area contributed by atoms with E-state index in [2.05, 4.69) is 10.2 Å². The van der Waals surface area contributed by atoms with Crippen molar-refractivity contribution in [2.24, 2.45) is 0 Å². The number of carbonyl (C=O) groups is 1. The van der Waals surface area contributed by atoms with E-state index < -0.39 is 0 Å². The van der Waals surface area contributed by atoms with Gasteiger partial charge in [-0.25, -0.2) is 0 Å². The van der Waals surface area contributed by atoms with Crippen molar-refractivity contribution in [2.45, 2.75) is 43.8 Å². The Balaban J connectivity index is 1.82. The fourth-order valence-electron chi connectivity index (χ4n) is 2.78. The zero-order valence-electron chi connectivity index (χ0n) is 17.0. The molecule has 1 atom stereocenters. The van der Waals surface area contributed by atoms with Crippen molar-refractivity contribution in [3.63, 3.8) is 0 Å². The Morgan fingerprint density at radius 1 is 1.10 bits per heavy atom. The van der Waals surface area contributed by atoms with Crippen LogP contribution in [0.4, 0.5) is 0 Å². The minimum Gasteiger partial charge on any atom is -0.486 e. The number of carbonyl (C=O) groups excluding carboxylic acids is 1. The summed E-state index contributed by atoms with van der Waals surface area (Å²) in [6, 6.07) is 17.2. The Morgan fingerprint density at radius 3 is 2.50 bits per heavy atom. The highest BCUT2D eigenvalue weighted by molar-refractivity contribution is 8.00. The fourth-order valence-corrected chi connectivity index (χ4v) is 3.87. The molecule has 3 rings (SSSR count). The molecule has 30 heavy (non-hydrogen) atoms. The van der Waals surface area contributed by atoms with Crippen molar-refractivity contribution in [3.8, 4) is 5.75 Å². The maximum Gasteiger partial charge on any atom is 0.319 e. The van der Waals surface area contributed by atoms with E-state index in [0.717, 1.165) is 5.56 Å². The third-order valence-corrected chi connectivity index (χ3v) is 5.90. The lowest BCUT2D eigenvalue weighted by Gasteiger charge is -2.15. The van der Waals surface area contributed by atoms with Crippen molar-refractivity contribution >= 4 is 29.3 Å². The standard InChI is InChI=1S/C22H24ClN3O3S/c1-3-19(21(27)28-4-2)30-22-25-24-20(15-29-18-12-10-17(23)11-13-18)26(22)14-16-8-6-5-7-9-16/h5-13,19H,3-4,14-15H2,1-2H3/t19-/m0/s1. The molecule has 1 aromatic heterocycles. The topological polar surface area (TPSA) is 66.2 Å². The Bertz CT molecular complexity index is 948. The summed E-state index contributed by atoms with van der Waals surface area (Å²) >= 11 is 7.30. The monoisotopic (exact) mass is 445 g/mol. The summed E-state index contributed by atoms with van der Waals surface area (Å²) in [7, 11) is 0. The number of ether oxygens (including phenoxy) is 2. The SMILES string of the molecule is CCOC(=O)[C@H](CC)Sc1nnc(COc2ccc(Cl)cc2)n1Cc1ccccc1. The number of hydrogen-bond acceptors (Lipinski definition) is 6. The van der Waals surface area contributed by atoms with Gasteiger partial charge in [-0.1, -0.05) is 60.6 Å². The summed E-state index contributed by atoms with van der Waals surface area (Å²) in [6.07, 6.45) is 0.637. The van der Waals surface area contributed by atoms with E-state index in [1.165, 1.54) is 11.8 Å². The Hall–Kier alpha value is -2.51. The van der Waals surface area contributed by atoms with Crippen LogP contribution in [0.25, 0.3) is 0 Å². The lowest BCUT2D eigenvalue weighted by molar-refractivity contribution is -0.142. The van der Waals surface area contributed by atoms with E-state index in [9.17, 15) is 4.79 Å². The van der Waals surface area contributed by atoms with Crippen LogP contribution in [0.3, 0.4) is 0 Å². The molecule has 3 aromatic rings. The van der Waals surface area contributed by atoms with Crippen LogP contribution in [0.2, 0.25) is 5.02 Å². The number of thioether (sulfide) groups is 1. The van der Waals surface area contributed by atoms with Gasteiger partial charge in [0.2, 0.25) is 0 Å². The summed E-state index contributed by atoms with van der Waals surface area (Å²) < 4.78 is 13.1. The maximum absolute atomic E-state index is 12.3. The molecule has 0 saturated heterocycles. The Kier molecular flexibility index (Phi) is 8.16. The Labute approximate surface area is 185 Å². The molecule has 0 radical (unpaired) electrons. The lowest BCUT2D eigenvalue weighted by atomic mass is 10.2. The van der Waals surface area contributed by atoms with Gasteiger partial charge in [0.15, 0.2) is 11.0 Å². The third kappa shape index (κ3) is 6.00. The molecular formula is C22H24ClN3O3S. The number of aromatic nitrogens is 3. The number of nitrogens with zero attached hydrogens (tertiary/aromatic N) is 3. The molecule has 0 bridgehead atoms. The van der Waals surface area contributed by atoms with Gasteiger partial charge in [-0.2, -0.15) is 0 Å². The first-order chi connectivity index (χ1) is 14.6. The quantitative estimate of drug-likeness (QED) is 0.323. The summed E-state index contributed by atoms with van der Waals surface area (Å²) in [5.74, 6) is 1.13. The van der Waals surface area contributed by atoms with Gasteiger partial charge < -0.3 is 9.47 Å². The van der Waals surface area contributed by atoms with E-state index in [1.807, 2.05) is 54.0 Å². The first-order valence-corrected chi connectivity index (χ1v) is 11.0. The van der Waals surface area contributed by atoms with Crippen LogP contribution >= 0.6 is 23.4 Å². The summed E-state index contributed by atoms with van der Waals surface area (Å²) in [5.41, 5.74) is 1.11. The van der Waals surface area contributed by atoms with Gasteiger partial charge in [-0.05, 0) is 43.2 Å². The second kappa shape index (κ2) is 11.0. The van der Waals surface area contributed by atoms with E-state index in [0.29, 0.717) is 41.3 Å². The summed E-state index contributed by atoms with van der Waals surface area (Å²) in [5, 5.41) is 9.63. The normalized spacial score (nSPS) is 11.8. The first kappa shape index (κ1) is 22.2. The minimum absolute atomic E-state index is 0.238. The number of rotatable bonds is 10.